The fourth-order valence-corrected chi connectivity index (χ4v) is 2.13. The fraction of sp³-hybridized carbons (Fsp3) is 1.00. The van der Waals surface area contributed by atoms with Crippen molar-refractivity contribution >= 4 is 0 Å². The first-order valence-electron chi connectivity index (χ1n) is 5.29. The summed E-state index contributed by atoms with van der Waals surface area (Å²) in [5.74, 6) is 0. The van der Waals surface area contributed by atoms with E-state index in [9.17, 15) is 0 Å². The first-order chi connectivity index (χ1) is 5.55. The van der Waals surface area contributed by atoms with Crippen molar-refractivity contribution in [2.45, 2.75) is 53.0 Å². The highest BCUT2D eigenvalue weighted by Crippen LogP contribution is 2.30. The molecule has 12 heavy (non-hydrogen) atoms. The zero-order valence-electron chi connectivity index (χ0n) is 9.06. The first kappa shape index (κ1) is 10.0. The van der Waals surface area contributed by atoms with Crippen molar-refractivity contribution in [1.29, 1.82) is 0 Å². The average molecular weight is 169 g/mol. The van der Waals surface area contributed by atoms with E-state index in [2.05, 4.69) is 32.6 Å². The van der Waals surface area contributed by atoms with Crippen LogP contribution in [0.4, 0.5) is 0 Å². The minimum Gasteiger partial charge on any atom is -0.300 e. The molecule has 1 saturated heterocycles. The van der Waals surface area contributed by atoms with Crippen LogP contribution in [0, 0.1) is 5.41 Å². The largest absolute Gasteiger partial charge is 0.300 e. The van der Waals surface area contributed by atoms with E-state index in [-0.39, 0.29) is 0 Å². The maximum Gasteiger partial charge on any atom is 0.00670 e. The van der Waals surface area contributed by atoms with Gasteiger partial charge in [-0.1, -0.05) is 27.2 Å². The molecule has 0 aromatic carbocycles. The van der Waals surface area contributed by atoms with Crippen LogP contribution in [-0.2, 0) is 0 Å². The molecule has 0 bridgehead atoms. The number of hydrogen-bond donors (Lipinski definition) is 0. The Bertz CT molecular complexity index is 140. The van der Waals surface area contributed by atoms with E-state index in [0.717, 1.165) is 6.04 Å². The highest BCUT2D eigenvalue weighted by Gasteiger charge is 2.30. The average Bonchev–Trinajstić information content (AvgIpc) is 2.31. The molecule has 1 aliphatic heterocycles. The van der Waals surface area contributed by atoms with Gasteiger partial charge in [-0.15, -0.1) is 0 Å². The minimum atomic E-state index is 0.571. The zero-order chi connectivity index (χ0) is 9.19. The Labute approximate surface area is 77.1 Å². The van der Waals surface area contributed by atoms with E-state index < -0.39 is 0 Å². The normalized spacial score (nSPS) is 26.0. The Morgan fingerprint density at radius 3 is 2.50 bits per heavy atom. The molecule has 0 aliphatic carbocycles. The highest BCUT2D eigenvalue weighted by molar-refractivity contribution is 4.84. The molecule has 1 unspecified atom stereocenters. The smallest absolute Gasteiger partial charge is 0.00670 e. The molecule has 0 spiro atoms. The molecule has 0 amide bonds. The molecule has 1 fully saturated rings. The lowest BCUT2D eigenvalue weighted by Gasteiger charge is -2.25. The van der Waals surface area contributed by atoms with E-state index in [0.29, 0.717) is 5.41 Å². The summed E-state index contributed by atoms with van der Waals surface area (Å²) in [5, 5.41) is 0. The lowest BCUT2D eigenvalue weighted by atomic mass is 9.93. The van der Waals surface area contributed by atoms with Gasteiger partial charge in [-0.25, -0.2) is 0 Å². The Morgan fingerprint density at radius 1 is 1.42 bits per heavy atom. The van der Waals surface area contributed by atoms with E-state index in [4.69, 9.17) is 0 Å². The van der Waals surface area contributed by atoms with E-state index in [1.54, 1.807) is 0 Å². The summed E-state index contributed by atoms with van der Waals surface area (Å²) in [4.78, 5) is 2.64. The predicted molar refractivity (Wildman–Crippen MR) is 54.3 cm³/mol. The summed E-state index contributed by atoms with van der Waals surface area (Å²) in [6.07, 6.45) is 4.05. The van der Waals surface area contributed by atoms with Gasteiger partial charge in [-0.05, 0) is 31.7 Å². The Morgan fingerprint density at radius 2 is 2.08 bits per heavy atom. The van der Waals surface area contributed by atoms with Gasteiger partial charge in [-0.2, -0.15) is 0 Å². The number of likely N-dealkylation sites (tertiary alicyclic amines) is 1. The van der Waals surface area contributed by atoms with Gasteiger partial charge in [0.1, 0.15) is 0 Å². The summed E-state index contributed by atoms with van der Waals surface area (Å²) in [7, 11) is 0. The molecular weight excluding hydrogens is 146 g/mol. The highest BCUT2D eigenvalue weighted by atomic mass is 15.2. The third-order valence-electron chi connectivity index (χ3n) is 3.04. The maximum atomic E-state index is 2.64. The molecule has 0 aromatic rings. The van der Waals surface area contributed by atoms with Crippen molar-refractivity contribution in [2.24, 2.45) is 5.41 Å². The number of rotatable bonds is 3. The fourth-order valence-electron chi connectivity index (χ4n) is 2.13. The van der Waals surface area contributed by atoms with Crippen LogP contribution in [0.5, 0.6) is 0 Å². The second kappa shape index (κ2) is 3.78. The molecule has 1 aliphatic rings. The molecule has 0 aromatic heterocycles. The van der Waals surface area contributed by atoms with Gasteiger partial charge in [0.15, 0.2) is 0 Å². The van der Waals surface area contributed by atoms with Crippen molar-refractivity contribution < 1.29 is 0 Å². The van der Waals surface area contributed by atoms with Crippen LogP contribution in [0.1, 0.15) is 47.0 Å². The molecule has 1 heterocycles. The van der Waals surface area contributed by atoms with Crippen molar-refractivity contribution in [1.82, 2.24) is 4.90 Å². The van der Waals surface area contributed by atoms with Gasteiger partial charge in [0, 0.05) is 12.6 Å². The zero-order valence-corrected chi connectivity index (χ0v) is 9.06. The topological polar surface area (TPSA) is 3.24 Å². The number of hydrogen-bond acceptors (Lipinski definition) is 1. The Balaban J connectivity index is 2.36. The molecule has 1 atom stereocenters. The quantitative estimate of drug-likeness (QED) is 0.628. The van der Waals surface area contributed by atoms with Crippen molar-refractivity contribution in [2.75, 3.05) is 13.1 Å². The standard InChI is InChI=1S/C11H23N/c1-5-6-10(2)12-8-7-11(3,4)9-12/h10H,5-9H2,1-4H3. The Hall–Kier alpha value is -0.0400. The van der Waals surface area contributed by atoms with Gasteiger partial charge < -0.3 is 4.90 Å². The van der Waals surface area contributed by atoms with Gasteiger partial charge in [0.2, 0.25) is 0 Å². The lowest BCUT2D eigenvalue weighted by Crippen LogP contribution is -2.32. The SMILES string of the molecule is CCCC(C)N1CCC(C)(C)C1. The third kappa shape index (κ3) is 2.48. The molecular formula is C11H23N. The summed E-state index contributed by atoms with van der Waals surface area (Å²) >= 11 is 0. The van der Waals surface area contributed by atoms with Crippen molar-refractivity contribution in [3.05, 3.63) is 0 Å². The maximum absolute atomic E-state index is 2.64. The summed E-state index contributed by atoms with van der Waals surface area (Å²) in [5.41, 5.74) is 0.571. The molecule has 1 rings (SSSR count). The summed E-state index contributed by atoms with van der Waals surface area (Å²) < 4.78 is 0. The second-order valence-corrected chi connectivity index (χ2v) is 5.02. The van der Waals surface area contributed by atoms with Crippen LogP contribution in [0.25, 0.3) is 0 Å². The van der Waals surface area contributed by atoms with Gasteiger partial charge in [-0.3, -0.25) is 0 Å². The summed E-state index contributed by atoms with van der Waals surface area (Å²) in [6.45, 7) is 12.0. The van der Waals surface area contributed by atoms with Crippen LogP contribution in [0.3, 0.4) is 0 Å². The first-order valence-corrected chi connectivity index (χ1v) is 5.29. The molecule has 1 nitrogen and oxygen atoms in total. The van der Waals surface area contributed by atoms with Crippen molar-refractivity contribution in [3.8, 4) is 0 Å². The molecule has 0 radical (unpaired) electrons. The molecule has 72 valence electrons. The van der Waals surface area contributed by atoms with Crippen LogP contribution in [0.15, 0.2) is 0 Å². The summed E-state index contributed by atoms with van der Waals surface area (Å²) in [6, 6.07) is 0.803. The molecule has 1 heteroatoms. The third-order valence-corrected chi connectivity index (χ3v) is 3.04. The van der Waals surface area contributed by atoms with Gasteiger partial charge >= 0.3 is 0 Å². The predicted octanol–water partition coefficient (Wildman–Crippen LogP) is 2.91. The monoisotopic (exact) mass is 169 g/mol. The number of nitrogens with zero attached hydrogens (tertiary/aromatic N) is 1. The van der Waals surface area contributed by atoms with Gasteiger partial charge in [0.05, 0.1) is 0 Å². The minimum absolute atomic E-state index is 0.571. The van der Waals surface area contributed by atoms with E-state index >= 15 is 0 Å². The van der Waals surface area contributed by atoms with Crippen LogP contribution < -0.4 is 0 Å². The van der Waals surface area contributed by atoms with Crippen LogP contribution >= 0.6 is 0 Å². The van der Waals surface area contributed by atoms with Crippen LogP contribution in [0.2, 0.25) is 0 Å². The van der Waals surface area contributed by atoms with Gasteiger partial charge in [0.25, 0.3) is 0 Å². The van der Waals surface area contributed by atoms with E-state index in [1.165, 1.54) is 32.4 Å². The van der Waals surface area contributed by atoms with E-state index in [1.807, 2.05) is 0 Å². The Kier molecular flexibility index (Phi) is 3.16. The molecule has 0 saturated carbocycles. The lowest BCUT2D eigenvalue weighted by molar-refractivity contribution is 0.219. The van der Waals surface area contributed by atoms with Crippen molar-refractivity contribution in [3.63, 3.8) is 0 Å². The van der Waals surface area contributed by atoms with Crippen LogP contribution in [-0.4, -0.2) is 24.0 Å². The second-order valence-electron chi connectivity index (χ2n) is 5.02. The molecule has 0 N–H and O–H groups in total.